The lowest BCUT2D eigenvalue weighted by Gasteiger charge is -2.20. The average molecular weight is 716 g/mol. The van der Waals surface area contributed by atoms with Gasteiger partial charge in [0, 0.05) is 34.2 Å². The normalized spacial score (nSPS) is 14.4. The molecule has 10 nitrogen and oxygen atoms in total. The van der Waals surface area contributed by atoms with E-state index < -0.39 is 23.9 Å². The standard InChI is InChI=1S/C35H37Cl2N3O7S/c1-45-30-11-10-23(16-31(30)46-2)25(18-27-28(36)20-40(44)21-29(27)37)26-17-24(48-33(26)34(41)42)19-38-32(22-8-4-3-5-9-22)35(43)47-15-14-39-12-6-7-13-39/h3-5,8-11,16-17,20-21,25,32,38H,6-7,12-15,18-19H2,1-2H3,(H-,41,42,44)/p+1/t25-,32?/m0/s1. The Morgan fingerprint density at radius 1 is 0.979 bits per heavy atom. The van der Waals surface area contributed by atoms with Gasteiger partial charge in [0.15, 0.2) is 11.5 Å². The van der Waals surface area contributed by atoms with Crippen LogP contribution in [-0.4, -0.2) is 67.6 Å². The molecule has 1 fully saturated rings. The lowest BCUT2D eigenvalue weighted by molar-refractivity contribution is -0.904. The van der Waals surface area contributed by atoms with Crippen LogP contribution in [-0.2, 0) is 22.5 Å². The number of hydrogen-bond donors (Lipinski definition) is 3. The molecule has 254 valence electrons. The van der Waals surface area contributed by atoms with Crippen molar-refractivity contribution in [3.8, 4) is 11.5 Å². The van der Waals surface area contributed by atoms with Gasteiger partial charge in [0.05, 0.1) is 14.2 Å². The smallest absolute Gasteiger partial charge is 0.346 e. The van der Waals surface area contributed by atoms with Gasteiger partial charge >= 0.3 is 11.9 Å². The van der Waals surface area contributed by atoms with Crippen molar-refractivity contribution in [1.82, 2.24) is 10.2 Å². The Kier molecular flexibility index (Phi) is 12.2. The van der Waals surface area contributed by atoms with Gasteiger partial charge in [-0.2, -0.15) is 0 Å². The van der Waals surface area contributed by atoms with E-state index in [0.29, 0.717) is 40.7 Å². The van der Waals surface area contributed by atoms with E-state index in [0.717, 1.165) is 53.1 Å². The molecule has 3 heterocycles. The molecule has 0 radical (unpaired) electrons. The van der Waals surface area contributed by atoms with Gasteiger partial charge in [-0.15, -0.1) is 11.3 Å². The zero-order valence-corrected chi connectivity index (χ0v) is 29.0. The fourth-order valence-electron chi connectivity index (χ4n) is 5.94. The number of aromatic carboxylic acids is 1. The van der Waals surface area contributed by atoms with E-state index in [1.807, 2.05) is 42.5 Å². The summed E-state index contributed by atoms with van der Waals surface area (Å²) in [5, 5.41) is 24.1. The summed E-state index contributed by atoms with van der Waals surface area (Å²) in [4.78, 5) is 29.2. The van der Waals surface area contributed by atoms with Crippen LogP contribution in [0.2, 0.25) is 10.0 Å². The molecule has 4 aromatic rings. The van der Waals surface area contributed by atoms with Crippen LogP contribution >= 0.6 is 34.5 Å². The van der Waals surface area contributed by atoms with Crippen molar-refractivity contribution in [2.24, 2.45) is 0 Å². The van der Waals surface area contributed by atoms with E-state index in [9.17, 15) is 19.9 Å². The van der Waals surface area contributed by atoms with Crippen LogP contribution in [0, 0.1) is 0 Å². The molecule has 0 spiro atoms. The summed E-state index contributed by atoms with van der Waals surface area (Å²) < 4.78 is 17.5. The highest BCUT2D eigenvalue weighted by Gasteiger charge is 2.29. The number of hydrogen-bond acceptors (Lipinski definition) is 9. The number of ether oxygens (including phenoxy) is 3. The number of thiophene rings is 1. The van der Waals surface area contributed by atoms with Gasteiger partial charge in [-0.3, -0.25) is 15.4 Å². The number of esters is 1. The van der Waals surface area contributed by atoms with Crippen LogP contribution in [0.4, 0.5) is 0 Å². The van der Waals surface area contributed by atoms with E-state index in [4.69, 9.17) is 37.4 Å². The number of benzene rings is 2. The minimum Gasteiger partial charge on any atom is -0.493 e. The lowest BCUT2D eigenvalue weighted by Crippen LogP contribution is -2.32. The number of likely N-dealkylation sites (tertiary alicyclic amines) is 1. The van der Waals surface area contributed by atoms with Crippen LogP contribution in [0.1, 0.15) is 61.6 Å². The fraction of sp³-hybridized carbons (Fsp3) is 0.343. The predicted molar refractivity (Wildman–Crippen MR) is 183 cm³/mol. The third-order valence-electron chi connectivity index (χ3n) is 8.37. The SMILES string of the molecule is COc1ccc([C@H](Cc2c(Cl)c[n+](O)cc2Cl)c2cc(CNC(C(=O)OCCN3CCCC3)c3ccccc3)sc2C(=O)O)cc1OC. The molecule has 1 aliphatic rings. The number of carboxylic acid groups (broad SMARTS) is 1. The summed E-state index contributed by atoms with van der Waals surface area (Å²) in [6.07, 6.45) is 5.18. The third-order valence-corrected chi connectivity index (χ3v) is 10.2. The quantitative estimate of drug-likeness (QED) is 0.0758. The number of nitrogens with one attached hydrogen (secondary N) is 1. The molecule has 2 atom stereocenters. The molecule has 2 aromatic carbocycles. The van der Waals surface area contributed by atoms with Crippen molar-refractivity contribution < 1.29 is 38.8 Å². The average Bonchev–Trinajstić information content (AvgIpc) is 3.75. The van der Waals surface area contributed by atoms with Crippen molar-refractivity contribution in [3.05, 3.63) is 109 Å². The second-order valence-electron chi connectivity index (χ2n) is 11.4. The minimum atomic E-state index is -1.09. The van der Waals surface area contributed by atoms with Crippen LogP contribution < -0.4 is 19.5 Å². The van der Waals surface area contributed by atoms with Gasteiger partial charge in [-0.25, -0.2) is 9.59 Å². The molecule has 1 unspecified atom stereocenters. The molecule has 1 saturated heterocycles. The summed E-state index contributed by atoms with van der Waals surface area (Å²) in [5.74, 6) is -1.03. The maximum absolute atomic E-state index is 13.4. The Morgan fingerprint density at radius 3 is 2.31 bits per heavy atom. The lowest BCUT2D eigenvalue weighted by atomic mass is 9.85. The second-order valence-corrected chi connectivity index (χ2v) is 13.4. The number of aromatic nitrogens is 1. The largest absolute Gasteiger partial charge is 0.493 e. The first-order chi connectivity index (χ1) is 23.2. The highest BCUT2D eigenvalue weighted by Crippen LogP contribution is 2.41. The van der Waals surface area contributed by atoms with Gasteiger partial charge in [0.2, 0.25) is 12.4 Å². The summed E-state index contributed by atoms with van der Waals surface area (Å²) in [5.41, 5.74) is 2.56. The maximum Gasteiger partial charge on any atom is 0.346 e. The summed E-state index contributed by atoms with van der Waals surface area (Å²) in [6, 6.07) is 15.8. The molecule has 0 saturated carbocycles. The van der Waals surface area contributed by atoms with Crippen molar-refractivity contribution >= 4 is 46.5 Å². The number of rotatable bonds is 15. The van der Waals surface area contributed by atoms with Crippen LogP contribution in [0.3, 0.4) is 0 Å². The maximum atomic E-state index is 13.4. The number of nitrogens with zero attached hydrogens (tertiary/aromatic N) is 2. The molecule has 1 aliphatic heterocycles. The first-order valence-corrected chi connectivity index (χ1v) is 17.1. The number of pyridine rings is 1. The number of carboxylic acids is 1. The minimum absolute atomic E-state index is 0.136. The Hall–Kier alpha value is -3.87. The van der Waals surface area contributed by atoms with Crippen molar-refractivity contribution in [1.29, 1.82) is 0 Å². The zero-order chi connectivity index (χ0) is 34.2. The summed E-state index contributed by atoms with van der Waals surface area (Å²) >= 11 is 14.2. The Labute approximate surface area is 293 Å². The zero-order valence-electron chi connectivity index (χ0n) is 26.7. The van der Waals surface area contributed by atoms with Gasteiger partial charge in [-0.1, -0.05) is 59.6 Å². The highest BCUT2D eigenvalue weighted by molar-refractivity contribution is 7.14. The Morgan fingerprint density at radius 2 is 1.67 bits per heavy atom. The molecule has 0 bridgehead atoms. The molecule has 48 heavy (non-hydrogen) atoms. The van der Waals surface area contributed by atoms with Gasteiger partial charge < -0.3 is 19.3 Å². The fourth-order valence-corrected chi connectivity index (χ4v) is 7.55. The van der Waals surface area contributed by atoms with Gasteiger partial charge in [0.25, 0.3) is 0 Å². The van der Waals surface area contributed by atoms with Gasteiger partial charge in [-0.05, 0) is 67.2 Å². The Balaban J connectivity index is 1.46. The predicted octanol–water partition coefficient (Wildman–Crippen LogP) is 6.14. The van der Waals surface area contributed by atoms with Gasteiger partial charge in [0.1, 0.15) is 27.6 Å². The molecular weight excluding hydrogens is 677 g/mol. The molecule has 3 N–H and O–H groups in total. The van der Waals surface area contributed by atoms with Crippen molar-refractivity contribution in [2.75, 3.05) is 40.5 Å². The molecule has 0 aliphatic carbocycles. The van der Waals surface area contributed by atoms with E-state index in [1.165, 1.54) is 26.6 Å². The van der Waals surface area contributed by atoms with Crippen LogP contribution in [0.25, 0.3) is 0 Å². The van der Waals surface area contributed by atoms with Crippen molar-refractivity contribution in [3.63, 3.8) is 0 Å². The first kappa shape index (κ1) is 35.4. The summed E-state index contributed by atoms with van der Waals surface area (Å²) in [6.45, 7) is 3.22. The second kappa shape index (κ2) is 16.5. The van der Waals surface area contributed by atoms with Crippen LogP contribution in [0.5, 0.6) is 11.5 Å². The first-order valence-electron chi connectivity index (χ1n) is 15.5. The summed E-state index contributed by atoms with van der Waals surface area (Å²) in [7, 11) is 3.06. The van der Waals surface area contributed by atoms with Crippen molar-refractivity contribution in [2.45, 2.75) is 37.8 Å². The molecule has 13 heteroatoms. The molecule has 5 rings (SSSR count). The number of methoxy groups -OCH3 is 2. The molecule has 0 amide bonds. The van der Waals surface area contributed by atoms with E-state index in [-0.39, 0.29) is 27.9 Å². The molecular formula is C35H38Cl2N3O7S+. The topological polar surface area (TPSA) is 121 Å². The van der Waals surface area contributed by atoms with E-state index in [2.05, 4.69) is 10.2 Å². The van der Waals surface area contributed by atoms with E-state index >= 15 is 0 Å². The highest BCUT2D eigenvalue weighted by atomic mass is 35.5. The monoisotopic (exact) mass is 714 g/mol. The van der Waals surface area contributed by atoms with Crippen LogP contribution in [0.15, 0.2) is 67.0 Å². The number of carbonyl (C=O) groups is 2. The Bertz CT molecular complexity index is 1710. The molecule has 2 aromatic heterocycles. The number of halogens is 2. The van der Waals surface area contributed by atoms with E-state index in [1.54, 1.807) is 12.1 Å². The third kappa shape index (κ3) is 8.58. The number of carbonyl (C=O) groups excluding carboxylic acids is 1.